The number of carboxylic acids is 2. The summed E-state index contributed by atoms with van der Waals surface area (Å²) in [6, 6.07) is 0.0121. The van der Waals surface area contributed by atoms with Crippen molar-refractivity contribution < 1.29 is 29.4 Å². The molecular weight excluding hydrogens is 426 g/mol. The second-order valence-electron chi connectivity index (χ2n) is 6.73. The number of anilines is 3. The highest BCUT2D eigenvalue weighted by atomic mass is 16.4. The number of aromatic amines is 1. The highest BCUT2D eigenvalue weighted by Gasteiger charge is 2.23. The highest BCUT2D eigenvalue weighted by molar-refractivity contribution is 5.97. The van der Waals surface area contributed by atoms with Crippen LogP contribution in [0.15, 0.2) is 17.1 Å². The van der Waals surface area contributed by atoms with E-state index in [4.69, 9.17) is 21.7 Å². The molecule has 0 radical (unpaired) electrons. The van der Waals surface area contributed by atoms with Gasteiger partial charge in [-0.3, -0.25) is 24.2 Å². The second kappa shape index (κ2) is 10.0. The zero-order valence-corrected chi connectivity index (χ0v) is 16.8. The van der Waals surface area contributed by atoms with Crippen LogP contribution in [0, 0.1) is 6.92 Å². The molecule has 0 aromatic carbocycles. The van der Waals surface area contributed by atoms with Gasteiger partial charge in [-0.15, -0.1) is 0 Å². The van der Waals surface area contributed by atoms with Crippen molar-refractivity contribution in [1.29, 1.82) is 0 Å². The number of aliphatic carboxylic acids is 2. The Kier molecular flexibility index (Phi) is 7.44. The van der Waals surface area contributed by atoms with Gasteiger partial charge in [0.15, 0.2) is 0 Å². The molecule has 14 nitrogen and oxygen atoms in total. The van der Waals surface area contributed by atoms with E-state index in [0.29, 0.717) is 5.56 Å². The zero-order chi connectivity index (χ0) is 24.0. The van der Waals surface area contributed by atoms with Gasteiger partial charge in [0.1, 0.15) is 17.6 Å². The van der Waals surface area contributed by atoms with Crippen LogP contribution in [0.5, 0.6) is 0 Å². The van der Waals surface area contributed by atoms with E-state index in [-0.39, 0.29) is 41.6 Å². The summed E-state index contributed by atoms with van der Waals surface area (Å²) in [7, 11) is 0. The van der Waals surface area contributed by atoms with E-state index in [9.17, 15) is 24.0 Å². The highest BCUT2D eigenvalue weighted by Crippen LogP contribution is 2.14. The van der Waals surface area contributed by atoms with Crippen LogP contribution < -0.4 is 27.7 Å². The SMILES string of the molecule is Cc1cc(NC(=O)Cc2c(N)nc(N)[nH]c2=O)cnc1C(=O)NC(CCC(=O)O)C(=O)O. The Morgan fingerprint density at radius 1 is 1.22 bits per heavy atom. The number of nitrogens with one attached hydrogen (secondary N) is 3. The minimum atomic E-state index is -1.41. The monoisotopic (exact) mass is 447 g/mol. The molecule has 2 rings (SSSR count). The third-order valence-corrected chi connectivity index (χ3v) is 4.23. The Bertz CT molecular complexity index is 1130. The molecule has 0 aliphatic rings. The standard InChI is InChI=1S/C18H21N7O7/c1-7-4-8(22-11(26)5-9-14(19)24-18(20)25-15(9)29)6-21-13(7)16(30)23-10(17(31)32)2-3-12(27)28/h4,6,10H,2-3,5H2,1H3,(H,22,26)(H,23,30)(H,27,28)(H,31,32)(H5,19,20,24,25,29). The van der Waals surface area contributed by atoms with E-state index < -0.39 is 41.8 Å². The van der Waals surface area contributed by atoms with E-state index in [1.165, 1.54) is 19.2 Å². The minimum absolute atomic E-state index is 0.0709. The van der Waals surface area contributed by atoms with Crippen LogP contribution in [0.4, 0.5) is 17.5 Å². The van der Waals surface area contributed by atoms with Crippen LogP contribution in [0.1, 0.15) is 34.5 Å². The van der Waals surface area contributed by atoms with E-state index in [1.54, 1.807) is 0 Å². The second-order valence-corrected chi connectivity index (χ2v) is 6.73. The molecule has 0 saturated carbocycles. The van der Waals surface area contributed by atoms with Crippen molar-refractivity contribution in [3.8, 4) is 0 Å². The van der Waals surface area contributed by atoms with Gasteiger partial charge in [0.05, 0.1) is 23.9 Å². The number of aryl methyl sites for hydroxylation is 1. The summed E-state index contributed by atoms with van der Waals surface area (Å²) >= 11 is 0. The largest absolute Gasteiger partial charge is 0.481 e. The van der Waals surface area contributed by atoms with E-state index in [1.807, 2.05) is 0 Å². The molecule has 0 bridgehead atoms. The Labute approximate surface area is 180 Å². The number of rotatable bonds is 9. The van der Waals surface area contributed by atoms with Crippen LogP contribution in [0.25, 0.3) is 0 Å². The molecule has 0 spiro atoms. The van der Waals surface area contributed by atoms with Gasteiger partial charge >= 0.3 is 11.9 Å². The van der Waals surface area contributed by atoms with Gasteiger partial charge < -0.3 is 32.3 Å². The van der Waals surface area contributed by atoms with Crippen LogP contribution in [0.2, 0.25) is 0 Å². The molecule has 14 heteroatoms. The number of pyridine rings is 1. The van der Waals surface area contributed by atoms with Gasteiger partial charge in [0.25, 0.3) is 11.5 Å². The third-order valence-electron chi connectivity index (χ3n) is 4.23. The summed E-state index contributed by atoms with van der Waals surface area (Å²) in [5.41, 5.74) is 10.7. The fourth-order valence-electron chi connectivity index (χ4n) is 2.70. The maximum absolute atomic E-state index is 12.4. The van der Waals surface area contributed by atoms with Gasteiger partial charge in [-0.05, 0) is 25.0 Å². The van der Waals surface area contributed by atoms with Gasteiger partial charge in [-0.25, -0.2) is 9.78 Å². The summed E-state index contributed by atoms with van der Waals surface area (Å²) in [4.78, 5) is 68.2. The minimum Gasteiger partial charge on any atom is -0.481 e. The first-order valence-electron chi connectivity index (χ1n) is 9.14. The molecule has 0 saturated heterocycles. The first-order valence-corrected chi connectivity index (χ1v) is 9.14. The number of carbonyl (C=O) groups excluding carboxylic acids is 2. The summed E-state index contributed by atoms with van der Waals surface area (Å²) in [5, 5.41) is 22.6. The van der Waals surface area contributed by atoms with Crippen LogP contribution in [-0.2, 0) is 20.8 Å². The quantitative estimate of drug-likeness (QED) is 0.242. The summed E-state index contributed by atoms with van der Waals surface area (Å²) in [5.74, 6) is -4.36. The maximum atomic E-state index is 12.4. The summed E-state index contributed by atoms with van der Waals surface area (Å²) in [6.45, 7) is 1.51. The number of aromatic nitrogens is 3. The summed E-state index contributed by atoms with van der Waals surface area (Å²) < 4.78 is 0. The lowest BCUT2D eigenvalue weighted by atomic mass is 10.1. The average molecular weight is 447 g/mol. The predicted molar refractivity (Wildman–Crippen MR) is 111 cm³/mol. The van der Waals surface area contributed by atoms with Crippen LogP contribution in [-0.4, -0.2) is 55.0 Å². The third kappa shape index (κ3) is 6.25. The molecule has 2 amide bonds. The van der Waals surface area contributed by atoms with Crippen molar-refractivity contribution in [2.24, 2.45) is 0 Å². The number of hydrogen-bond donors (Lipinski definition) is 7. The van der Waals surface area contributed by atoms with E-state index in [2.05, 4.69) is 25.6 Å². The predicted octanol–water partition coefficient (Wildman–Crippen LogP) is -1.13. The van der Waals surface area contributed by atoms with Crippen molar-refractivity contribution in [3.05, 3.63) is 39.4 Å². The average Bonchev–Trinajstić information content (AvgIpc) is 2.67. The Hall–Kier alpha value is -4.49. The van der Waals surface area contributed by atoms with Crippen molar-refractivity contribution in [2.45, 2.75) is 32.2 Å². The van der Waals surface area contributed by atoms with Gasteiger partial charge in [0.2, 0.25) is 11.9 Å². The molecule has 2 heterocycles. The Morgan fingerprint density at radius 3 is 2.47 bits per heavy atom. The van der Waals surface area contributed by atoms with Crippen LogP contribution in [0.3, 0.4) is 0 Å². The first kappa shape index (κ1) is 23.8. The Balaban J connectivity index is 2.08. The molecule has 9 N–H and O–H groups in total. The smallest absolute Gasteiger partial charge is 0.326 e. The summed E-state index contributed by atoms with van der Waals surface area (Å²) in [6.07, 6.45) is 0.0403. The number of hydrogen-bond acceptors (Lipinski definition) is 9. The lowest BCUT2D eigenvalue weighted by Crippen LogP contribution is -2.41. The van der Waals surface area contributed by atoms with E-state index >= 15 is 0 Å². The number of amides is 2. The lowest BCUT2D eigenvalue weighted by molar-refractivity contribution is -0.140. The maximum Gasteiger partial charge on any atom is 0.326 e. The Morgan fingerprint density at radius 2 is 1.91 bits per heavy atom. The fraction of sp³-hybridized carbons (Fsp3) is 0.278. The molecule has 0 fully saturated rings. The number of carbonyl (C=O) groups is 4. The molecule has 2 aromatic heterocycles. The van der Waals surface area contributed by atoms with Gasteiger partial charge in [-0.1, -0.05) is 0 Å². The number of nitrogen functional groups attached to an aromatic ring is 2. The number of nitrogens with zero attached hydrogens (tertiary/aromatic N) is 2. The molecule has 2 aromatic rings. The normalized spacial score (nSPS) is 11.4. The number of nitrogens with two attached hydrogens (primary N) is 2. The fourth-order valence-corrected chi connectivity index (χ4v) is 2.70. The molecule has 0 aliphatic carbocycles. The van der Waals surface area contributed by atoms with E-state index in [0.717, 1.165) is 0 Å². The molecule has 170 valence electrons. The molecule has 32 heavy (non-hydrogen) atoms. The first-order chi connectivity index (χ1) is 15.0. The van der Waals surface area contributed by atoms with Gasteiger partial charge in [-0.2, -0.15) is 4.98 Å². The van der Waals surface area contributed by atoms with Crippen molar-refractivity contribution in [1.82, 2.24) is 20.3 Å². The van der Waals surface area contributed by atoms with Crippen molar-refractivity contribution in [3.63, 3.8) is 0 Å². The van der Waals surface area contributed by atoms with Crippen molar-refractivity contribution >= 4 is 41.2 Å². The lowest BCUT2D eigenvalue weighted by Gasteiger charge is -2.14. The zero-order valence-electron chi connectivity index (χ0n) is 16.8. The van der Waals surface area contributed by atoms with Gasteiger partial charge in [0, 0.05) is 6.42 Å². The van der Waals surface area contributed by atoms with Crippen molar-refractivity contribution in [2.75, 3.05) is 16.8 Å². The number of carboxylic acid groups (broad SMARTS) is 2. The number of H-pyrrole nitrogens is 1. The molecule has 1 unspecified atom stereocenters. The van der Waals surface area contributed by atoms with Crippen LogP contribution >= 0.6 is 0 Å². The topological polar surface area (TPSA) is 243 Å². The molecule has 0 aliphatic heterocycles. The molecular formula is C18H21N7O7. The molecule has 1 atom stereocenters.